The average Bonchev–Trinajstić information content (AvgIpc) is 2.82. The van der Waals surface area contributed by atoms with Crippen LogP contribution in [0.4, 0.5) is 10.5 Å². The first-order valence-corrected chi connectivity index (χ1v) is 11.5. The number of barbiturate groups is 1. The maximum absolute atomic E-state index is 13.0. The Hall–Kier alpha value is -3.46. The minimum Gasteiger partial charge on any atom is -0.489 e. The predicted octanol–water partition coefficient (Wildman–Crippen LogP) is 5.10. The van der Waals surface area contributed by atoms with Crippen molar-refractivity contribution < 1.29 is 19.1 Å². The van der Waals surface area contributed by atoms with Crippen LogP contribution in [0.2, 0.25) is 0 Å². The second kappa shape index (κ2) is 9.99. The molecule has 6 nitrogen and oxygen atoms in total. The smallest absolute Gasteiger partial charge is 0.335 e. The van der Waals surface area contributed by atoms with Gasteiger partial charge in [-0.2, -0.15) is 0 Å². The number of carbonyl (C=O) groups is 3. The molecule has 0 atom stereocenters. The first kappa shape index (κ1) is 22.7. The summed E-state index contributed by atoms with van der Waals surface area (Å²) in [5.41, 5.74) is 3.09. The third-order valence-corrected chi connectivity index (χ3v) is 5.93. The zero-order valence-corrected chi connectivity index (χ0v) is 20.0. The largest absolute Gasteiger partial charge is 0.489 e. The number of urea groups is 1. The first-order valence-electron chi connectivity index (χ1n) is 10.4. The van der Waals surface area contributed by atoms with E-state index >= 15 is 0 Å². The lowest BCUT2D eigenvalue weighted by Gasteiger charge is -2.26. The van der Waals surface area contributed by atoms with E-state index in [1.165, 1.54) is 6.08 Å². The van der Waals surface area contributed by atoms with E-state index in [2.05, 4.69) is 27.9 Å². The Morgan fingerprint density at radius 1 is 0.879 bits per heavy atom. The van der Waals surface area contributed by atoms with E-state index in [0.717, 1.165) is 26.0 Å². The Kier molecular flexibility index (Phi) is 6.88. The highest BCUT2D eigenvalue weighted by Crippen LogP contribution is 2.23. The molecule has 3 aromatic carbocycles. The van der Waals surface area contributed by atoms with Gasteiger partial charge >= 0.3 is 6.03 Å². The monoisotopic (exact) mass is 552 g/mol. The van der Waals surface area contributed by atoms with E-state index < -0.39 is 17.8 Å². The van der Waals surface area contributed by atoms with Crippen molar-refractivity contribution in [3.8, 4) is 5.75 Å². The summed E-state index contributed by atoms with van der Waals surface area (Å²) in [6.07, 6.45) is 2.31. The average molecular weight is 552 g/mol. The maximum Gasteiger partial charge on any atom is 0.335 e. The standard InChI is InChI=1S/C26H21IN2O4/c1-2-17-5-11-21(12-6-17)29-25(31)23(24(30)28-26(29)32)15-18-7-13-22(14-8-18)33-16-19-3-9-20(27)10-4-19/h3-15H,2,16H2,1H3,(H,28,30,32)/b23-15-. The highest BCUT2D eigenvalue weighted by atomic mass is 127. The molecule has 7 heteroatoms. The van der Waals surface area contributed by atoms with Gasteiger partial charge in [0.05, 0.1) is 5.69 Å². The number of nitrogens with one attached hydrogen (secondary N) is 1. The Morgan fingerprint density at radius 2 is 1.52 bits per heavy atom. The fourth-order valence-corrected chi connectivity index (χ4v) is 3.71. The van der Waals surface area contributed by atoms with Gasteiger partial charge in [-0.25, -0.2) is 9.69 Å². The molecule has 0 aromatic heterocycles. The molecule has 1 heterocycles. The lowest BCUT2D eigenvalue weighted by atomic mass is 10.1. The summed E-state index contributed by atoms with van der Waals surface area (Å²) in [5, 5.41) is 2.24. The molecule has 1 fully saturated rings. The molecule has 0 spiro atoms. The molecule has 33 heavy (non-hydrogen) atoms. The van der Waals surface area contributed by atoms with E-state index in [4.69, 9.17) is 4.74 Å². The number of benzene rings is 3. The van der Waals surface area contributed by atoms with Crippen LogP contribution in [0.25, 0.3) is 6.08 Å². The van der Waals surface area contributed by atoms with E-state index in [0.29, 0.717) is 23.6 Å². The van der Waals surface area contributed by atoms with Crippen LogP contribution < -0.4 is 15.0 Å². The summed E-state index contributed by atoms with van der Waals surface area (Å²) in [6.45, 7) is 2.46. The van der Waals surface area contributed by atoms with Crippen molar-refractivity contribution in [3.05, 3.63) is 98.6 Å². The molecule has 3 aromatic rings. The van der Waals surface area contributed by atoms with Gasteiger partial charge in [-0.1, -0.05) is 43.3 Å². The third kappa shape index (κ3) is 5.31. The molecule has 0 aliphatic carbocycles. The molecule has 166 valence electrons. The van der Waals surface area contributed by atoms with E-state index in [1.54, 1.807) is 36.4 Å². The number of nitrogens with zero attached hydrogens (tertiary/aromatic N) is 1. The van der Waals surface area contributed by atoms with E-state index in [9.17, 15) is 14.4 Å². The molecular formula is C26H21IN2O4. The van der Waals surface area contributed by atoms with Gasteiger partial charge in [0, 0.05) is 3.57 Å². The van der Waals surface area contributed by atoms with E-state index in [1.807, 2.05) is 43.3 Å². The molecule has 1 aliphatic heterocycles. The summed E-state index contributed by atoms with van der Waals surface area (Å²) in [5.74, 6) is -0.708. The van der Waals surface area contributed by atoms with Crippen molar-refractivity contribution in [1.29, 1.82) is 0 Å². The summed E-state index contributed by atoms with van der Waals surface area (Å²) in [7, 11) is 0. The van der Waals surface area contributed by atoms with Crippen LogP contribution in [0.1, 0.15) is 23.6 Å². The zero-order chi connectivity index (χ0) is 23.4. The van der Waals surface area contributed by atoms with Crippen molar-refractivity contribution in [3.63, 3.8) is 0 Å². The fourth-order valence-electron chi connectivity index (χ4n) is 3.35. The topological polar surface area (TPSA) is 75.7 Å². The quantitative estimate of drug-likeness (QED) is 0.263. The summed E-state index contributed by atoms with van der Waals surface area (Å²) in [6, 6.07) is 21.5. The van der Waals surface area contributed by atoms with E-state index in [-0.39, 0.29) is 5.57 Å². The minimum absolute atomic E-state index is 0.110. The molecule has 0 saturated carbocycles. The second-order valence-corrected chi connectivity index (χ2v) is 8.71. The van der Waals surface area contributed by atoms with Gasteiger partial charge in [0.1, 0.15) is 17.9 Å². The minimum atomic E-state index is -0.759. The molecular weight excluding hydrogens is 531 g/mol. The Balaban J connectivity index is 1.50. The molecule has 0 bridgehead atoms. The van der Waals surface area contributed by atoms with Crippen LogP contribution in [0.15, 0.2) is 78.4 Å². The second-order valence-electron chi connectivity index (χ2n) is 7.46. The molecule has 4 rings (SSSR count). The van der Waals surface area contributed by atoms with Crippen LogP contribution in [-0.4, -0.2) is 17.8 Å². The lowest BCUT2D eigenvalue weighted by Crippen LogP contribution is -2.54. The number of hydrogen-bond acceptors (Lipinski definition) is 4. The number of rotatable bonds is 6. The molecule has 0 unspecified atom stereocenters. The Morgan fingerprint density at radius 3 is 2.15 bits per heavy atom. The predicted molar refractivity (Wildman–Crippen MR) is 135 cm³/mol. The van der Waals surface area contributed by atoms with Crippen molar-refractivity contribution in [2.75, 3.05) is 4.90 Å². The van der Waals surface area contributed by atoms with Gasteiger partial charge in [-0.3, -0.25) is 14.9 Å². The van der Waals surface area contributed by atoms with Crippen molar-refractivity contribution in [2.45, 2.75) is 20.0 Å². The van der Waals surface area contributed by atoms with Crippen molar-refractivity contribution in [1.82, 2.24) is 5.32 Å². The summed E-state index contributed by atoms with van der Waals surface area (Å²) >= 11 is 2.25. The van der Waals surface area contributed by atoms with Crippen LogP contribution in [0.3, 0.4) is 0 Å². The van der Waals surface area contributed by atoms with Crippen LogP contribution >= 0.6 is 22.6 Å². The van der Waals surface area contributed by atoms with Gasteiger partial charge in [0.2, 0.25) is 0 Å². The number of hydrogen-bond donors (Lipinski definition) is 1. The number of anilines is 1. The maximum atomic E-state index is 13.0. The highest BCUT2D eigenvalue weighted by Gasteiger charge is 2.36. The highest BCUT2D eigenvalue weighted by molar-refractivity contribution is 14.1. The van der Waals surface area contributed by atoms with Gasteiger partial charge < -0.3 is 4.74 Å². The van der Waals surface area contributed by atoms with Crippen LogP contribution in [0.5, 0.6) is 5.75 Å². The normalized spacial score (nSPS) is 15.0. The zero-order valence-electron chi connectivity index (χ0n) is 17.9. The number of ether oxygens (including phenoxy) is 1. The number of halogens is 1. The lowest BCUT2D eigenvalue weighted by molar-refractivity contribution is -0.122. The van der Waals surface area contributed by atoms with Gasteiger partial charge in [0.25, 0.3) is 11.8 Å². The van der Waals surface area contributed by atoms with Crippen molar-refractivity contribution >= 4 is 52.2 Å². The van der Waals surface area contributed by atoms with Crippen LogP contribution in [-0.2, 0) is 22.6 Å². The Bertz CT molecular complexity index is 1220. The molecule has 0 radical (unpaired) electrons. The first-order chi connectivity index (χ1) is 15.9. The number of carbonyl (C=O) groups excluding carboxylic acids is 3. The summed E-state index contributed by atoms with van der Waals surface area (Å²) < 4.78 is 6.97. The third-order valence-electron chi connectivity index (χ3n) is 5.21. The molecule has 4 amide bonds. The fraction of sp³-hybridized carbons (Fsp3) is 0.115. The molecule has 1 aliphatic rings. The molecule has 1 saturated heterocycles. The number of amides is 4. The van der Waals surface area contributed by atoms with Crippen LogP contribution in [0, 0.1) is 3.57 Å². The van der Waals surface area contributed by atoms with Crippen molar-refractivity contribution in [2.24, 2.45) is 0 Å². The number of aryl methyl sites for hydroxylation is 1. The van der Waals surface area contributed by atoms with Gasteiger partial charge in [-0.15, -0.1) is 0 Å². The van der Waals surface area contributed by atoms with Gasteiger partial charge in [-0.05, 0) is 88.2 Å². The number of imide groups is 2. The SMILES string of the molecule is CCc1ccc(N2C(=O)NC(=O)/C(=C/c3ccc(OCc4ccc(I)cc4)cc3)C2=O)cc1. The van der Waals surface area contributed by atoms with Gasteiger partial charge in [0.15, 0.2) is 0 Å². The summed E-state index contributed by atoms with van der Waals surface area (Å²) in [4.78, 5) is 38.7. The molecule has 1 N–H and O–H groups in total. The Labute approximate surface area is 205 Å².